The van der Waals surface area contributed by atoms with Crippen molar-refractivity contribution in [3.63, 3.8) is 0 Å². The maximum absolute atomic E-state index is 13.1. The fourth-order valence-corrected chi connectivity index (χ4v) is 1.61. The lowest BCUT2D eigenvalue weighted by molar-refractivity contribution is 0.476. The minimum atomic E-state index is -0.507. The molecule has 0 atom stereocenters. The van der Waals surface area contributed by atoms with Gasteiger partial charge in [-0.2, -0.15) is 0 Å². The monoisotopic (exact) mass is 262 g/mol. The first kappa shape index (κ1) is 13.0. The van der Waals surface area contributed by atoms with Crippen LogP contribution in [-0.2, 0) is 0 Å². The topological polar surface area (TPSA) is 59.1 Å². The van der Waals surface area contributed by atoms with E-state index in [9.17, 15) is 8.78 Å². The number of rotatable bonds is 3. The van der Waals surface area contributed by atoms with Gasteiger partial charge in [0.15, 0.2) is 0 Å². The summed E-state index contributed by atoms with van der Waals surface area (Å²) in [5.74, 6) is -0.493. The van der Waals surface area contributed by atoms with Crippen LogP contribution < -0.4 is 10.5 Å². The van der Waals surface area contributed by atoms with Crippen LogP contribution in [0.2, 0.25) is 0 Å². The molecule has 0 aromatic heterocycles. The summed E-state index contributed by atoms with van der Waals surface area (Å²) in [6, 6.07) is 7.96. The number of amidine groups is 1. The molecule has 3 N–H and O–H groups in total. The van der Waals surface area contributed by atoms with Crippen molar-refractivity contribution in [1.29, 1.82) is 5.41 Å². The first-order valence-corrected chi connectivity index (χ1v) is 5.55. The van der Waals surface area contributed by atoms with Crippen molar-refractivity contribution in [3.05, 3.63) is 59.2 Å². The van der Waals surface area contributed by atoms with E-state index in [0.717, 1.165) is 6.07 Å². The number of nitrogen functional groups attached to an aromatic ring is 1. The van der Waals surface area contributed by atoms with E-state index in [1.54, 1.807) is 6.92 Å². The van der Waals surface area contributed by atoms with E-state index in [2.05, 4.69) is 0 Å². The van der Waals surface area contributed by atoms with Crippen LogP contribution in [0.15, 0.2) is 36.4 Å². The smallest absolute Gasteiger partial charge is 0.138 e. The van der Waals surface area contributed by atoms with Crippen LogP contribution in [0, 0.1) is 24.0 Å². The number of halogens is 2. The number of aryl methyl sites for hydroxylation is 1. The maximum Gasteiger partial charge on any atom is 0.138 e. The zero-order valence-corrected chi connectivity index (χ0v) is 10.2. The molecule has 0 aliphatic rings. The fraction of sp³-hybridized carbons (Fsp3) is 0.0714. The van der Waals surface area contributed by atoms with Gasteiger partial charge in [0.1, 0.15) is 29.0 Å². The summed E-state index contributed by atoms with van der Waals surface area (Å²) in [6.07, 6.45) is 0. The van der Waals surface area contributed by atoms with Crippen molar-refractivity contribution in [1.82, 2.24) is 0 Å². The zero-order valence-electron chi connectivity index (χ0n) is 10.2. The molecule has 0 bridgehead atoms. The normalized spacial score (nSPS) is 10.3. The molecule has 0 radical (unpaired) electrons. The van der Waals surface area contributed by atoms with E-state index >= 15 is 0 Å². The Morgan fingerprint density at radius 3 is 2.53 bits per heavy atom. The van der Waals surface area contributed by atoms with Gasteiger partial charge in [-0.1, -0.05) is 0 Å². The lowest BCUT2D eigenvalue weighted by Gasteiger charge is -2.11. The van der Waals surface area contributed by atoms with Crippen molar-refractivity contribution in [2.75, 3.05) is 0 Å². The first-order valence-electron chi connectivity index (χ1n) is 5.55. The second-order valence-electron chi connectivity index (χ2n) is 4.07. The van der Waals surface area contributed by atoms with Gasteiger partial charge in [-0.3, -0.25) is 5.41 Å². The summed E-state index contributed by atoms with van der Waals surface area (Å²) in [7, 11) is 0. The number of nitrogens with one attached hydrogen (secondary N) is 1. The third-order valence-corrected chi connectivity index (χ3v) is 2.59. The molecule has 0 aliphatic heterocycles. The second-order valence-corrected chi connectivity index (χ2v) is 4.07. The van der Waals surface area contributed by atoms with E-state index in [1.165, 1.54) is 30.3 Å². The Balaban J connectivity index is 2.37. The molecule has 0 unspecified atom stereocenters. The summed E-state index contributed by atoms with van der Waals surface area (Å²) in [4.78, 5) is 0. The summed E-state index contributed by atoms with van der Waals surface area (Å²) >= 11 is 0. The number of nitrogens with two attached hydrogens (primary N) is 1. The molecule has 2 aromatic rings. The number of hydrogen-bond acceptors (Lipinski definition) is 2. The van der Waals surface area contributed by atoms with Crippen molar-refractivity contribution in [3.8, 4) is 11.5 Å². The predicted molar refractivity (Wildman–Crippen MR) is 68.6 cm³/mol. The summed E-state index contributed by atoms with van der Waals surface area (Å²) < 4.78 is 31.8. The predicted octanol–water partition coefficient (Wildman–Crippen LogP) is 3.35. The molecule has 0 amide bonds. The summed E-state index contributed by atoms with van der Waals surface area (Å²) in [6.45, 7) is 1.61. The van der Waals surface area contributed by atoms with Crippen molar-refractivity contribution in [2.45, 2.75) is 6.92 Å². The molecule has 0 fully saturated rings. The first-order chi connectivity index (χ1) is 8.97. The van der Waals surface area contributed by atoms with Gasteiger partial charge in [0.05, 0.1) is 5.56 Å². The van der Waals surface area contributed by atoms with Crippen LogP contribution in [0.25, 0.3) is 0 Å². The van der Waals surface area contributed by atoms with Gasteiger partial charge in [-0.05, 0) is 48.9 Å². The standard InChI is InChI=1S/C14H12F2N2O/c1-8-6-10(3-4-12(8)16)19-13-5-2-9(15)7-11(13)14(17)18/h2-7H,1H3,(H3,17,18). The van der Waals surface area contributed by atoms with Crippen LogP contribution in [0.1, 0.15) is 11.1 Å². The average molecular weight is 262 g/mol. The van der Waals surface area contributed by atoms with Gasteiger partial charge < -0.3 is 10.5 Å². The summed E-state index contributed by atoms with van der Waals surface area (Å²) in [5.41, 5.74) is 5.96. The second kappa shape index (κ2) is 5.06. The van der Waals surface area contributed by atoms with E-state index in [1.807, 2.05) is 0 Å². The Morgan fingerprint density at radius 2 is 1.89 bits per heavy atom. The molecule has 0 aliphatic carbocycles. The highest BCUT2D eigenvalue weighted by molar-refractivity contribution is 5.97. The largest absolute Gasteiger partial charge is 0.457 e. The lowest BCUT2D eigenvalue weighted by Crippen LogP contribution is -2.12. The highest BCUT2D eigenvalue weighted by atomic mass is 19.1. The van der Waals surface area contributed by atoms with Crippen LogP contribution in [0.4, 0.5) is 8.78 Å². The summed E-state index contributed by atoms with van der Waals surface area (Å²) in [5, 5.41) is 7.39. The van der Waals surface area contributed by atoms with Crippen molar-refractivity contribution < 1.29 is 13.5 Å². The molecule has 0 heterocycles. The highest BCUT2D eigenvalue weighted by Crippen LogP contribution is 2.27. The molecule has 19 heavy (non-hydrogen) atoms. The Morgan fingerprint density at radius 1 is 1.16 bits per heavy atom. The van der Waals surface area contributed by atoms with Gasteiger partial charge in [0.2, 0.25) is 0 Å². The van der Waals surface area contributed by atoms with E-state index in [0.29, 0.717) is 11.3 Å². The third-order valence-electron chi connectivity index (χ3n) is 2.59. The van der Waals surface area contributed by atoms with E-state index < -0.39 is 5.82 Å². The minimum Gasteiger partial charge on any atom is -0.457 e. The zero-order chi connectivity index (χ0) is 14.0. The van der Waals surface area contributed by atoms with Gasteiger partial charge in [0, 0.05) is 0 Å². The quantitative estimate of drug-likeness (QED) is 0.658. The molecule has 0 saturated heterocycles. The SMILES string of the molecule is Cc1cc(Oc2ccc(F)cc2C(=N)N)ccc1F. The molecule has 2 aromatic carbocycles. The van der Waals surface area contributed by atoms with Crippen LogP contribution in [0.3, 0.4) is 0 Å². The van der Waals surface area contributed by atoms with Crippen LogP contribution in [0.5, 0.6) is 11.5 Å². The van der Waals surface area contributed by atoms with Crippen molar-refractivity contribution >= 4 is 5.84 Å². The Hall–Kier alpha value is -2.43. The molecular formula is C14H12F2N2O. The van der Waals surface area contributed by atoms with E-state index in [-0.39, 0.29) is 23.0 Å². The lowest BCUT2D eigenvalue weighted by atomic mass is 10.1. The maximum atomic E-state index is 13.1. The minimum absolute atomic E-state index is 0.155. The molecule has 5 heteroatoms. The van der Waals surface area contributed by atoms with Gasteiger partial charge in [-0.25, -0.2) is 8.78 Å². The molecule has 2 rings (SSSR count). The average Bonchev–Trinajstić information content (AvgIpc) is 2.36. The third kappa shape index (κ3) is 2.88. The van der Waals surface area contributed by atoms with Gasteiger partial charge in [0.25, 0.3) is 0 Å². The van der Waals surface area contributed by atoms with Crippen molar-refractivity contribution in [2.24, 2.45) is 5.73 Å². The molecule has 0 spiro atoms. The highest BCUT2D eigenvalue weighted by Gasteiger charge is 2.10. The molecule has 98 valence electrons. The van der Waals surface area contributed by atoms with Crippen LogP contribution in [-0.4, -0.2) is 5.84 Å². The van der Waals surface area contributed by atoms with E-state index in [4.69, 9.17) is 15.9 Å². The Labute approximate surface area is 109 Å². The fourth-order valence-electron chi connectivity index (χ4n) is 1.61. The van der Waals surface area contributed by atoms with Gasteiger partial charge >= 0.3 is 0 Å². The molecule has 0 saturated carbocycles. The number of hydrogen-bond donors (Lipinski definition) is 2. The number of benzene rings is 2. The Kier molecular flexibility index (Phi) is 3.46. The molecular weight excluding hydrogens is 250 g/mol. The Bertz CT molecular complexity index is 641. The molecule has 3 nitrogen and oxygen atoms in total. The number of ether oxygens (including phenoxy) is 1. The van der Waals surface area contributed by atoms with Crippen LogP contribution >= 0.6 is 0 Å². The van der Waals surface area contributed by atoms with Gasteiger partial charge in [-0.15, -0.1) is 0 Å².